The highest BCUT2D eigenvalue weighted by Crippen LogP contribution is 2.27. The van der Waals surface area contributed by atoms with Crippen molar-refractivity contribution < 1.29 is 13.2 Å². The van der Waals surface area contributed by atoms with E-state index < -0.39 is 16.1 Å². The summed E-state index contributed by atoms with van der Waals surface area (Å²) in [5.41, 5.74) is 3.05. The summed E-state index contributed by atoms with van der Waals surface area (Å²) in [7, 11) is -3.38. The van der Waals surface area contributed by atoms with Crippen LogP contribution in [0.2, 0.25) is 0 Å². The summed E-state index contributed by atoms with van der Waals surface area (Å²) in [6, 6.07) is 7.51. The number of carbonyl (C=O) groups excluding carboxylic acids is 1. The number of carbonyl (C=O) groups is 1. The number of thiazole rings is 1. The first-order valence-electron chi connectivity index (χ1n) is 8.21. The van der Waals surface area contributed by atoms with Crippen LogP contribution in [0.15, 0.2) is 29.6 Å². The molecular weight excluding hydrogens is 358 g/mol. The van der Waals surface area contributed by atoms with Crippen molar-refractivity contribution >= 4 is 32.4 Å². The van der Waals surface area contributed by atoms with Gasteiger partial charge < -0.3 is 5.32 Å². The molecule has 1 aromatic heterocycles. The predicted octanol–water partition coefficient (Wildman–Crippen LogP) is 2.74. The zero-order chi connectivity index (χ0) is 18.0. The zero-order valence-corrected chi connectivity index (χ0v) is 15.9. The first-order valence-corrected chi connectivity index (χ1v) is 10.9. The molecule has 3 rings (SSSR count). The summed E-state index contributed by atoms with van der Waals surface area (Å²) in [6.07, 6.45) is 3.35. The molecule has 1 amide bonds. The maximum absolute atomic E-state index is 12.5. The average molecular weight is 380 g/mol. The lowest BCUT2D eigenvalue weighted by Crippen LogP contribution is -2.42. The Morgan fingerprint density at radius 2 is 2.08 bits per heavy atom. The van der Waals surface area contributed by atoms with Crippen LogP contribution >= 0.6 is 11.3 Å². The zero-order valence-electron chi connectivity index (χ0n) is 14.2. The molecule has 1 aromatic carbocycles. The quantitative estimate of drug-likeness (QED) is 0.866. The van der Waals surface area contributed by atoms with Crippen molar-refractivity contribution in [1.82, 2.24) is 9.29 Å². The Morgan fingerprint density at radius 3 is 2.72 bits per heavy atom. The molecule has 8 heteroatoms. The summed E-state index contributed by atoms with van der Waals surface area (Å²) in [6.45, 7) is 2.50. The van der Waals surface area contributed by atoms with Crippen molar-refractivity contribution in [3.05, 3.63) is 35.2 Å². The molecule has 0 spiro atoms. The summed E-state index contributed by atoms with van der Waals surface area (Å²) < 4.78 is 24.8. The van der Waals surface area contributed by atoms with Gasteiger partial charge in [0.1, 0.15) is 6.04 Å². The number of benzene rings is 1. The van der Waals surface area contributed by atoms with Crippen LogP contribution in [-0.4, -0.2) is 42.5 Å². The maximum atomic E-state index is 12.5. The van der Waals surface area contributed by atoms with E-state index in [1.807, 2.05) is 17.5 Å². The van der Waals surface area contributed by atoms with Gasteiger partial charge in [-0.05, 0) is 24.8 Å². The van der Waals surface area contributed by atoms with Gasteiger partial charge in [0.25, 0.3) is 0 Å². The van der Waals surface area contributed by atoms with E-state index in [9.17, 15) is 13.2 Å². The molecule has 0 saturated carbocycles. The molecule has 25 heavy (non-hydrogen) atoms. The van der Waals surface area contributed by atoms with Gasteiger partial charge in [0.05, 0.1) is 11.9 Å². The smallest absolute Gasteiger partial charge is 0.244 e. The lowest BCUT2D eigenvalue weighted by Gasteiger charge is -2.20. The summed E-state index contributed by atoms with van der Waals surface area (Å²) >= 11 is 1.34. The Bertz CT molecular complexity index is 860. The fraction of sp³-hybridized carbons (Fsp3) is 0.412. The lowest BCUT2D eigenvalue weighted by molar-refractivity contribution is -0.119. The predicted molar refractivity (Wildman–Crippen MR) is 100 cm³/mol. The second-order valence-corrected chi connectivity index (χ2v) is 8.90. The third-order valence-corrected chi connectivity index (χ3v) is 6.37. The van der Waals surface area contributed by atoms with Crippen LogP contribution < -0.4 is 5.32 Å². The lowest BCUT2D eigenvalue weighted by atomic mass is 10.1. The van der Waals surface area contributed by atoms with Crippen molar-refractivity contribution in [1.29, 1.82) is 0 Å². The number of amides is 1. The van der Waals surface area contributed by atoms with Gasteiger partial charge in [-0.3, -0.25) is 4.79 Å². The van der Waals surface area contributed by atoms with E-state index in [4.69, 9.17) is 0 Å². The third kappa shape index (κ3) is 4.08. The number of hydrogen-bond acceptors (Lipinski definition) is 5. The molecule has 1 aliphatic rings. The van der Waals surface area contributed by atoms with E-state index in [1.54, 1.807) is 0 Å². The maximum Gasteiger partial charge on any atom is 0.244 e. The average Bonchev–Trinajstić information content (AvgIpc) is 3.24. The van der Waals surface area contributed by atoms with E-state index in [2.05, 4.69) is 29.4 Å². The first-order chi connectivity index (χ1) is 11.9. The minimum Gasteiger partial charge on any atom is -0.301 e. The number of aryl methyl sites for hydroxylation is 1. The minimum atomic E-state index is -3.38. The van der Waals surface area contributed by atoms with Crippen molar-refractivity contribution in [3.63, 3.8) is 0 Å². The van der Waals surface area contributed by atoms with Gasteiger partial charge in [0.2, 0.25) is 15.9 Å². The Hall–Kier alpha value is -1.77. The van der Waals surface area contributed by atoms with Crippen LogP contribution in [0.25, 0.3) is 11.3 Å². The number of aromatic nitrogens is 1. The second kappa shape index (κ2) is 7.23. The normalized spacial score (nSPS) is 18.4. The SMILES string of the molecule is CCc1ccc(-c2csc(NC(=O)C3CCCN3S(C)(=O)=O)n2)cc1. The molecule has 0 radical (unpaired) electrons. The van der Waals surface area contributed by atoms with E-state index in [-0.39, 0.29) is 5.91 Å². The first kappa shape index (κ1) is 18.0. The third-order valence-electron chi connectivity index (χ3n) is 4.32. The van der Waals surface area contributed by atoms with E-state index in [1.165, 1.54) is 21.2 Å². The molecule has 6 nitrogen and oxygen atoms in total. The highest BCUT2D eigenvalue weighted by molar-refractivity contribution is 7.88. The minimum absolute atomic E-state index is 0.315. The highest BCUT2D eigenvalue weighted by atomic mass is 32.2. The largest absolute Gasteiger partial charge is 0.301 e. The van der Waals surface area contributed by atoms with Gasteiger partial charge >= 0.3 is 0 Å². The molecule has 134 valence electrons. The van der Waals surface area contributed by atoms with Gasteiger partial charge in [-0.25, -0.2) is 13.4 Å². The summed E-state index contributed by atoms with van der Waals surface area (Å²) in [5.74, 6) is -0.315. The van der Waals surface area contributed by atoms with Crippen molar-refractivity contribution in [2.75, 3.05) is 18.1 Å². The van der Waals surface area contributed by atoms with Crippen LogP contribution in [0.3, 0.4) is 0 Å². The van der Waals surface area contributed by atoms with Gasteiger partial charge in [-0.2, -0.15) is 4.31 Å². The molecule has 1 atom stereocenters. The summed E-state index contributed by atoms with van der Waals surface area (Å²) in [4.78, 5) is 16.9. The van der Waals surface area contributed by atoms with Crippen molar-refractivity contribution in [2.24, 2.45) is 0 Å². The Kier molecular flexibility index (Phi) is 5.21. The molecule has 2 heterocycles. The van der Waals surface area contributed by atoms with Crippen molar-refractivity contribution in [2.45, 2.75) is 32.2 Å². The van der Waals surface area contributed by atoms with Crippen molar-refractivity contribution in [3.8, 4) is 11.3 Å². The highest BCUT2D eigenvalue weighted by Gasteiger charge is 2.36. The van der Waals surface area contributed by atoms with Gasteiger partial charge in [0, 0.05) is 17.5 Å². The van der Waals surface area contributed by atoms with Gasteiger partial charge in [0.15, 0.2) is 5.13 Å². The van der Waals surface area contributed by atoms with Gasteiger partial charge in [-0.1, -0.05) is 31.2 Å². The molecule has 0 bridgehead atoms. The molecule has 2 aromatic rings. The molecule has 1 unspecified atom stereocenters. The van der Waals surface area contributed by atoms with E-state index in [0.29, 0.717) is 24.5 Å². The van der Waals surface area contributed by atoms with Crippen LogP contribution in [-0.2, 0) is 21.2 Å². The fourth-order valence-electron chi connectivity index (χ4n) is 2.96. The molecule has 1 N–H and O–H groups in total. The summed E-state index contributed by atoms with van der Waals surface area (Å²) in [5, 5.41) is 5.14. The monoisotopic (exact) mass is 379 g/mol. The number of anilines is 1. The number of rotatable bonds is 5. The molecular formula is C17H21N3O3S2. The Labute approximate surface area is 151 Å². The van der Waals surface area contributed by atoms with Crippen LogP contribution in [0, 0.1) is 0 Å². The Balaban J connectivity index is 1.71. The second-order valence-electron chi connectivity index (χ2n) is 6.11. The van der Waals surface area contributed by atoms with E-state index in [0.717, 1.165) is 23.9 Å². The standard InChI is InChI=1S/C17H21N3O3S2/c1-3-12-6-8-13(9-7-12)14-11-24-17(18-14)19-16(21)15-5-4-10-20(15)25(2,22)23/h6-9,11,15H,3-5,10H2,1-2H3,(H,18,19,21). The van der Waals surface area contributed by atoms with Gasteiger partial charge in [-0.15, -0.1) is 11.3 Å². The molecule has 1 aliphatic heterocycles. The Morgan fingerprint density at radius 1 is 1.36 bits per heavy atom. The number of sulfonamides is 1. The molecule has 0 aliphatic carbocycles. The fourth-order valence-corrected chi connectivity index (χ4v) is 4.81. The number of hydrogen-bond donors (Lipinski definition) is 1. The van der Waals surface area contributed by atoms with Crippen LogP contribution in [0.5, 0.6) is 0 Å². The number of nitrogens with zero attached hydrogens (tertiary/aromatic N) is 2. The van der Waals surface area contributed by atoms with E-state index >= 15 is 0 Å². The van der Waals surface area contributed by atoms with Crippen LogP contribution in [0.1, 0.15) is 25.3 Å². The molecule has 1 saturated heterocycles. The topological polar surface area (TPSA) is 79.4 Å². The molecule has 1 fully saturated rings. The van der Waals surface area contributed by atoms with Crippen LogP contribution in [0.4, 0.5) is 5.13 Å². The number of nitrogens with one attached hydrogen (secondary N) is 1.